The Morgan fingerprint density at radius 1 is 0.909 bits per heavy atom. The van der Waals surface area contributed by atoms with Crippen LogP contribution in [0.1, 0.15) is 31.4 Å². The molecule has 0 bridgehead atoms. The van der Waals surface area contributed by atoms with Gasteiger partial charge in [0.05, 0.1) is 0 Å². The summed E-state index contributed by atoms with van der Waals surface area (Å²) in [7, 11) is 0. The summed E-state index contributed by atoms with van der Waals surface area (Å²) in [5, 5.41) is 0. The summed E-state index contributed by atoms with van der Waals surface area (Å²) in [5.41, 5.74) is 3.05. The standard InChI is InChI=1S/C19H31N3/c1-3-17-7-5-6-8-18(17)15-21-10-9-19(16-21)22-13-11-20(4-2)12-14-22/h5-8,19H,3-4,9-16H2,1-2H3/t19-/m0/s1. The van der Waals surface area contributed by atoms with E-state index in [2.05, 4.69) is 52.8 Å². The molecule has 0 aliphatic carbocycles. The highest BCUT2D eigenvalue weighted by molar-refractivity contribution is 5.27. The zero-order chi connectivity index (χ0) is 15.4. The molecule has 3 heteroatoms. The van der Waals surface area contributed by atoms with E-state index in [9.17, 15) is 0 Å². The molecule has 0 spiro atoms. The number of nitrogens with zero attached hydrogens (tertiary/aromatic N) is 3. The first-order valence-corrected chi connectivity index (χ1v) is 9.05. The lowest BCUT2D eigenvalue weighted by molar-refractivity contribution is 0.101. The van der Waals surface area contributed by atoms with Crippen LogP contribution in [0.25, 0.3) is 0 Å². The number of likely N-dealkylation sites (N-methyl/N-ethyl adjacent to an activating group) is 1. The molecule has 2 saturated heterocycles. The van der Waals surface area contributed by atoms with Crippen LogP contribution >= 0.6 is 0 Å². The highest BCUT2D eigenvalue weighted by Crippen LogP contribution is 2.21. The van der Waals surface area contributed by atoms with Crippen LogP contribution in [0.5, 0.6) is 0 Å². The van der Waals surface area contributed by atoms with Crippen LogP contribution in [0.15, 0.2) is 24.3 Å². The van der Waals surface area contributed by atoms with Gasteiger partial charge in [-0.2, -0.15) is 0 Å². The van der Waals surface area contributed by atoms with Crippen molar-refractivity contribution in [2.24, 2.45) is 0 Å². The second-order valence-corrected chi connectivity index (χ2v) is 6.77. The van der Waals surface area contributed by atoms with Crippen LogP contribution in [0, 0.1) is 0 Å². The summed E-state index contributed by atoms with van der Waals surface area (Å²) in [5.74, 6) is 0. The number of aryl methyl sites for hydroxylation is 1. The van der Waals surface area contributed by atoms with Crippen LogP contribution in [0.4, 0.5) is 0 Å². The lowest BCUT2D eigenvalue weighted by Crippen LogP contribution is -2.50. The predicted molar refractivity (Wildman–Crippen MR) is 93.2 cm³/mol. The van der Waals surface area contributed by atoms with Crippen molar-refractivity contribution in [2.45, 2.75) is 39.3 Å². The molecular formula is C19H31N3. The van der Waals surface area contributed by atoms with Gasteiger partial charge in [-0.3, -0.25) is 9.80 Å². The molecule has 1 aromatic rings. The molecule has 0 unspecified atom stereocenters. The van der Waals surface area contributed by atoms with Crippen LogP contribution in [0.3, 0.4) is 0 Å². The van der Waals surface area contributed by atoms with Gasteiger partial charge in [-0.1, -0.05) is 38.1 Å². The monoisotopic (exact) mass is 301 g/mol. The summed E-state index contributed by atoms with van der Waals surface area (Å²) in [6.07, 6.45) is 2.49. The molecule has 2 aliphatic rings. The first kappa shape index (κ1) is 16.0. The molecule has 0 aromatic heterocycles. The van der Waals surface area contributed by atoms with Gasteiger partial charge < -0.3 is 4.90 Å². The molecule has 3 rings (SSSR count). The van der Waals surface area contributed by atoms with E-state index in [1.807, 2.05) is 0 Å². The van der Waals surface area contributed by atoms with Gasteiger partial charge in [0.1, 0.15) is 0 Å². The van der Waals surface area contributed by atoms with Gasteiger partial charge in [-0.25, -0.2) is 0 Å². The second-order valence-electron chi connectivity index (χ2n) is 6.77. The zero-order valence-electron chi connectivity index (χ0n) is 14.3. The number of piperazine rings is 1. The Morgan fingerprint density at radius 3 is 2.32 bits per heavy atom. The van der Waals surface area contributed by atoms with E-state index >= 15 is 0 Å². The first-order valence-electron chi connectivity index (χ1n) is 9.05. The molecule has 22 heavy (non-hydrogen) atoms. The Morgan fingerprint density at radius 2 is 1.64 bits per heavy atom. The van der Waals surface area contributed by atoms with Crippen LogP contribution in [-0.2, 0) is 13.0 Å². The van der Waals surface area contributed by atoms with Crippen molar-refractivity contribution in [1.29, 1.82) is 0 Å². The van der Waals surface area contributed by atoms with Gasteiger partial charge in [0.25, 0.3) is 0 Å². The third-order valence-corrected chi connectivity index (χ3v) is 5.51. The lowest BCUT2D eigenvalue weighted by Gasteiger charge is -2.37. The van der Waals surface area contributed by atoms with E-state index in [1.165, 1.54) is 63.4 Å². The van der Waals surface area contributed by atoms with Crippen molar-refractivity contribution in [3.8, 4) is 0 Å². The number of rotatable bonds is 5. The van der Waals surface area contributed by atoms with Gasteiger partial charge in [0.15, 0.2) is 0 Å². The third-order valence-electron chi connectivity index (χ3n) is 5.51. The third kappa shape index (κ3) is 3.70. The smallest absolute Gasteiger partial charge is 0.0237 e. The van der Waals surface area contributed by atoms with Gasteiger partial charge in [0.2, 0.25) is 0 Å². The van der Waals surface area contributed by atoms with Crippen molar-refractivity contribution >= 4 is 0 Å². The number of hydrogen-bond acceptors (Lipinski definition) is 3. The molecule has 0 saturated carbocycles. The molecule has 2 aliphatic heterocycles. The van der Waals surface area contributed by atoms with E-state index in [0.717, 1.165) is 19.0 Å². The Labute approximate surface area is 135 Å². The van der Waals surface area contributed by atoms with Crippen LogP contribution in [0.2, 0.25) is 0 Å². The topological polar surface area (TPSA) is 9.72 Å². The van der Waals surface area contributed by atoms with Crippen molar-refractivity contribution < 1.29 is 0 Å². The molecule has 3 nitrogen and oxygen atoms in total. The average Bonchev–Trinajstić information content (AvgIpc) is 3.04. The van der Waals surface area contributed by atoms with Crippen molar-refractivity contribution in [1.82, 2.24) is 14.7 Å². The fourth-order valence-corrected chi connectivity index (χ4v) is 4.00. The first-order chi connectivity index (χ1) is 10.8. The van der Waals surface area contributed by atoms with Crippen LogP contribution in [-0.4, -0.2) is 66.6 Å². The molecule has 2 heterocycles. The van der Waals surface area contributed by atoms with Gasteiger partial charge in [0, 0.05) is 51.9 Å². The molecule has 2 fully saturated rings. The molecule has 0 radical (unpaired) electrons. The molecule has 0 N–H and O–H groups in total. The minimum absolute atomic E-state index is 0.785. The van der Waals surface area contributed by atoms with Gasteiger partial charge >= 0.3 is 0 Å². The van der Waals surface area contributed by atoms with E-state index in [4.69, 9.17) is 0 Å². The summed E-state index contributed by atoms with van der Waals surface area (Å²) in [6, 6.07) is 9.74. The second kappa shape index (κ2) is 7.58. The minimum Gasteiger partial charge on any atom is -0.301 e. The Bertz CT molecular complexity index is 466. The maximum Gasteiger partial charge on any atom is 0.0237 e. The average molecular weight is 301 g/mol. The van der Waals surface area contributed by atoms with Crippen LogP contribution < -0.4 is 0 Å². The minimum atomic E-state index is 0.785. The van der Waals surface area contributed by atoms with E-state index in [0.29, 0.717) is 0 Å². The largest absolute Gasteiger partial charge is 0.301 e. The summed E-state index contributed by atoms with van der Waals surface area (Å²) >= 11 is 0. The summed E-state index contributed by atoms with van der Waals surface area (Å²) in [4.78, 5) is 7.96. The number of benzene rings is 1. The van der Waals surface area contributed by atoms with Crippen molar-refractivity contribution in [3.05, 3.63) is 35.4 Å². The van der Waals surface area contributed by atoms with E-state index in [1.54, 1.807) is 0 Å². The Hall–Kier alpha value is -0.900. The SMILES string of the molecule is CCc1ccccc1CN1CC[C@H](N2CCN(CC)CC2)C1. The summed E-state index contributed by atoms with van der Waals surface area (Å²) in [6.45, 7) is 14.4. The fraction of sp³-hybridized carbons (Fsp3) is 0.684. The van der Waals surface area contributed by atoms with E-state index < -0.39 is 0 Å². The molecule has 122 valence electrons. The molecule has 1 atom stereocenters. The maximum atomic E-state index is 2.73. The molecular weight excluding hydrogens is 270 g/mol. The zero-order valence-corrected chi connectivity index (χ0v) is 14.3. The van der Waals surface area contributed by atoms with Gasteiger partial charge in [-0.05, 0) is 30.5 Å². The maximum absolute atomic E-state index is 2.73. The van der Waals surface area contributed by atoms with Gasteiger partial charge in [-0.15, -0.1) is 0 Å². The van der Waals surface area contributed by atoms with E-state index in [-0.39, 0.29) is 0 Å². The number of hydrogen-bond donors (Lipinski definition) is 0. The Balaban J connectivity index is 1.52. The lowest BCUT2D eigenvalue weighted by atomic mass is 10.1. The highest BCUT2D eigenvalue weighted by Gasteiger charge is 2.29. The van der Waals surface area contributed by atoms with Crippen molar-refractivity contribution in [2.75, 3.05) is 45.8 Å². The normalized spacial score (nSPS) is 24.9. The quantitative estimate of drug-likeness (QED) is 0.827. The summed E-state index contributed by atoms with van der Waals surface area (Å²) < 4.78 is 0. The fourth-order valence-electron chi connectivity index (χ4n) is 4.00. The Kier molecular flexibility index (Phi) is 5.51. The van der Waals surface area contributed by atoms with Crippen molar-refractivity contribution in [3.63, 3.8) is 0 Å². The number of likely N-dealkylation sites (tertiary alicyclic amines) is 1. The molecule has 1 aromatic carbocycles. The molecule has 0 amide bonds. The predicted octanol–water partition coefficient (Wildman–Crippen LogP) is 2.46. The highest BCUT2D eigenvalue weighted by atomic mass is 15.3.